The van der Waals surface area contributed by atoms with Crippen molar-refractivity contribution in [1.82, 2.24) is 15.0 Å². The van der Waals surface area contributed by atoms with Crippen LogP contribution in [0.5, 0.6) is 0 Å². The molecule has 0 spiro atoms. The van der Waals surface area contributed by atoms with Gasteiger partial charge in [0.15, 0.2) is 0 Å². The summed E-state index contributed by atoms with van der Waals surface area (Å²) in [6, 6.07) is 5.68. The molecule has 0 atom stereocenters. The van der Waals surface area contributed by atoms with Gasteiger partial charge in [0.2, 0.25) is 0 Å². The molecule has 0 radical (unpaired) electrons. The topological polar surface area (TPSA) is 78.9 Å². The lowest BCUT2D eigenvalue weighted by Gasteiger charge is -2.03. The second-order valence-electron chi connectivity index (χ2n) is 3.79. The summed E-state index contributed by atoms with van der Waals surface area (Å²) in [6.45, 7) is 1.87. The summed E-state index contributed by atoms with van der Waals surface area (Å²) in [5, 5.41) is 8.64. The van der Waals surface area contributed by atoms with Crippen molar-refractivity contribution in [3.05, 3.63) is 35.9 Å². The summed E-state index contributed by atoms with van der Waals surface area (Å²) in [4.78, 5) is 22.1. The van der Waals surface area contributed by atoms with E-state index < -0.39 is 5.97 Å². The van der Waals surface area contributed by atoms with E-state index in [1.807, 2.05) is 31.3 Å². The largest absolute Gasteiger partial charge is 0.481 e. The predicted molar refractivity (Wildman–Crippen MR) is 62.5 cm³/mol. The van der Waals surface area contributed by atoms with Crippen LogP contribution in [0.3, 0.4) is 0 Å². The monoisotopic (exact) mass is 231 g/mol. The third-order valence-electron chi connectivity index (χ3n) is 2.34. The summed E-state index contributed by atoms with van der Waals surface area (Å²) >= 11 is 0. The van der Waals surface area contributed by atoms with Crippen LogP contribution in [0, 0.1) is 6.92 Å². The number of rotatable bonds is 4. The van der Waals surface area contributed by atoms with Gasteiger partial charge in [-0.15, -0.1) is 0 Å². The first-order valence-corrected chi connectivity index (χ1v) is 5.35. The maximum Gasteiger partial charge on any atom is 0.303 e. The second kappa shape index (κ2) is 4.78. The molecule has 2 aromatic rings. The Hall–Kier alpha value is -2.17. The van der Waals surface area contributed by atoms with E-state index in [1.165, 1.54) is 0 Å². The predicted octanol–water partition coefficient (Wildman–Crippen LogP) is 1.80. The number of hydrogen-bond acceptors (Lipinski definition) is 3. The number of H-pyrrole nitrogens is 1. The molecule has 17 heavy (non-hydrogen) atoms. The van der Waals surface area contributed by atoms with E-state index >= 15 is 0 Å². The molecule has 0 saturated heterocycles. The molecule has 0 amide bonds. The molecule has 2 aromatic heterocycles. The van der Waals surface area contributed by atoms with Crippen molar-refractivity contribution in [1.29, 1.82) is 0 Å². The Morgan fingerprint density at radius 1 is 1.47 bits per heavy atom. The van der Waals surface area contributed by atoms with Crippen LogP contribution in [0.15, 0.2) is 24.4 Å². The summed E-state index contributed by atoms with van der Waals surface area (Å²) in [5.74, 6) is -0.270. The lowest BCUT2D eigenvalue weighted by atomic mass is 10.2. The van der Waals surface area contributed by atoms with Gasteiger partial charge in [0.25, 0.3) is 0 Å². The second-order valence-corrected chi connectivity index (χ2v) is 3.79. The summed E-state index contributed by atoms with van der Waals surface area (Å²) in [6.07, 6.45) is 2.22. The summed E-state index contributed by atoms with van der Waals surface area (Å²) < 4.78 is 0. The number of hydrogen-bond donors (Lipinski definition) is 2. The molecular formula is C12H13N3O2. The Kier molecular flexibility index (Phi) is 3.18. The number of aliphatic carboxylic acids is 1. The number of aromatic nitrogens is 3. The van der Waals surface area contributed by atoms with E-state index in [9.17, 15) is 4.79 Å². The molecule has 0 bridgehead atoms. The molecule has 0 aromatic carbocycles. The van der Waals surface area contributed by atoms with E-state index in [4.69, 9.17) is 5.11 Å². The highest BCUT2D eigenvalue weighted by Crippen LogP contribution is 2.15. The molecule has 0 aliphatic carbocycles. The van der Waals surface area contributed by atoms with E-state index in [2.05, 4.69) is 15.0 Å². The van der Waals surface area contributed by atoms with Gasteiger partial charge in [0, 0.05) is 18.3 Å². The first-order chi connectivity index (χ1) is 8.15. The maximum absolute atomic E-state index is 10.5. The van der Waals surface area contributed by atoms with Gasteiger partial charge in [-0.05, 0) is 25.1 Å². The molecule has 5 heteroatoms. The van der Waals surface area contributed by atoms with Crippen LogP contribution in [0.25, 0.3) is 11.4 Å². The highest BCUT2D eigenvalue weighted by molar-refractivity contribution is 5.67. The van der Waals surface area contributed by atoms with Crippen LogP contribution < -0.4 is 0 Å². The van der Waals surface area contributed by atoms with Crippen LogP contribution in [0.4, 0.5) is 0 Å². The first-order valence-electron chi connectivity index (χ1n) is 5.35. The molecule has 2 heterocycles. The molecule has 0 aliphatic rings. The zero-order chi connectivity index (χ0) is 12.3. The Labute approximate surface area is 98.6 Å². The van der Waals surface area contributed by atoms with E-state index in [0.29, 0.717) is 12.2 Å². The van der Waals surface area contributed by atoms with E-state index in [-0.39, 0.29) is 6.42 Å². The molecule has 88 valence electrons. The first kappa shape index (κ1) is 11.3. The van der Waals surface area contributed by atoms with Crippen LogP contribution in [-0.4, -0.2) is 26.0 Å². The van der Waals surface area contributed by atoms with Gasteiger partial charge in [-0.2, -0.15) is 0 Å². The number of carbonyl (C=O) groups is 1. The number of aryl methyl sites for hydroxylation is 2. The third-order valence-corrected chi connectivity index (χ3v) is 2.34. The average Bonchev–Trinajstić information content (AvgIpc) is 2.79. The fourth-order valence-corrected chi connectivity index (χ4v) is 1.59. The van der Waals surface area contributed by atoms with Crippen LogP contribution in [0.2, 0.25) is 0 Å². The van der Waals surface area contributed by atoms with Gasteiger partial charge in [0.05, 0.1) is 17.8 Å². The fourth-order valence-electron chi connectivity index (χ4n) is 1.59. The Bertz CT molecular complexity index is 521. The minimum absolute atomic E-state index is 0.0492. The van der Waals surface area contributed by atoms with Gasteiger partial charge in [-0.25, -0.2) is 9.97 Å². The number of aromatic amines is 1. The highest BCUT2D eigenvalue weighted by Gasteiger charge is 2.07. The highest BCUT2D eigenvalue weighted by atomic mass is 16.4. The van der Waals surface area contributed by atoms with Crippen molar-refractivity contribution in [2.75, 3.05) is 0 Å². The zero-order valence-electron chi connectivity index (χ0n) is 9.47. The van der Waals surface area contributed by atoms with E-state index in [0.717, 1.165) is 17.1 Å². The van der Waals surface area contributed by atoms with Gasteiger partial charge in [-0.3, -0.25) is 4.79 Å². The van der Waals surface area contributed by atoms with Gasteiger partial charge in [-0.1, -0.05) is 0 Å². The SMILES string of the molecule is Cc1cc(-c2ccc[nH]2)nc(CCC(=O)O)n1. The van der Waals surface area contributed by atoms with Gasteiger partial charge >= 0.3 is 5.97 Å². The van der Waals surface area contributed by atoms with Crippen molar-refractivity contribution in [3.63, 3.8) is 0 Å². The quantitative estimate of drug-likeness (QED) is 0.840. The van der Waals surface area contributed by atoms with Crippen molar-refractivity contribution in [2.45, 2.75) is 19.8 Å². The van der Waals surface area contributed by atoms with Crippen molar-refractivity contribution >= 4 is 5.97 Å². The zero-order valence-corrected chi connectivity index (χ0v) is 9.47. The number of carboxylic acids is 1. The minimum Gasteiger partial charge on any atom is -0.481 e. The lowest BCUT2D eigenvalue weighted by Crippen LogP contribution is -2.03. The Morgan fingerprint density at radius 2 is 2.29 bits per heavy atom. The molecule has 5 nitrogen and oxygen atoms in total. The van der Waals surface area contributed by atoms with Crippen molar-refractivity contribution < 1.29 is 9.90 Å². The molecule has 0 fully saturated rings. The summed E-state index contributed by atoms with van der Waals surface area (Å²) in [5.41, 5.74) is 2.54. The van der Waals surface area contributed by atoms with Crippen LogP contribution in [-0.2, 0) is 11.2 Å². The van der Waals surface area contributed by atoms with E-state index in [1.54, 1.807) is 0 Å². The maximum atomic E-state index is 10.5. The normalized spacial score (nSPS) is 10.4. The molecular weight excluding hydrogens is 218 g/mol. The Morgan fingerprint density at radius 3 is 2.94 bits per heavy atom. The minimum atomic E-state index is -0.837. The molecule has 2 rings (SSSR count). The third kappa shape index (κ3) is 2.90. The smallest absolute Gasteiger partial charge is 0.303 e. The van der Waals surface area contributed by atoms with Crippen molar-refractivity contribution in [2.24, 2.45) is 0 Å². The van der Waals surface area contributed by atoms with Crippen LogP contribution >= 0.6 is 0 Å². The van der Waals surface area contributed by atoms with Crippen molar-refractivity contribution in [3.8, 4) is 11.4 Å². The number of nitrogens with one attached hydrogen (secondary N) is 1. The summed E-state index contributed by atoms with van der Waals surface area (Å²) in [7, 11) is 0. The van der Waals surface area contributed by atoms with Gasteiger partial charge < -0.3 is 10.1 Å². The molecule has 0 saturated carbocycles. The lowest BCUT2D eigenvalue weighted by molar-refractivity contribution is -0.137. The average molecular weight is 231 g/mol. The number of nitrogens with zero attached hydrogens (tertiary/aromatic N) is 2. The fraction of sp³-hybridized carbons (Fsp3) is 0.250. The standard InChI is InChI=1S/C12H13N3O2/c1-8-7-10(9-3-2-6-13-9)15-11(14-8)4-5-12(16)17/h2-3,6-7,13H,4-5H2,1H3,(H,16,17). The molecule has 2 N–H and O–H groups in total. The molecule has 0 unspecified atom stereocenters. The Balaban J connectivity index is 2.26. The number of carboxylic acid groups (broad SMARTS) is 1. The van der Waals surface area contributed by atoms with Gasteiger partial charge in [0.1, 0.15) is 5.82 Å². The van der Waals surface area contributed by atoms with Crippen LogP contribution in [0.1, 0.15) is 17.9 Å². The molecule has 0 aliphatic heterocycles.